The van der Waals surface area contributed by atoms with Gasteiger partial charge in [0, 0.05) is 23.7 Å². The Morgan fingerprint density at radius 1 is 1.21 bits per heavy atom. The number of anilines is 1. The van der Waals surface area contributed by atoms with Crippen molar-refractivity contribution >= 4 is 35.1 Å². The predicted molar refractivity (Wildman–Crippen MR) is 128 cm³/mol. The molecule has 1 amide bonds. The zero-order chi connectivity index (χ0) is 24.0. The molecule has 0 spiro atoms. The molecule has 0 aliphatic carbocycles. The van der Waals surface area contributed by atoms with Crippen LogP contribution in [0.3, 0.4) is 0 Å². The van der Waals surface area contributed by atoms with E-state index in [0.29, 0.717) is 48.2 Å². The van der Waals surface area contributed by atoms with Crippen molar-refractivity contribution in [3.05, 3.63) is 39.6 Å². The van der Waals surface area contributed by atoms with Crippen LogP contribution in [0.25, 0.3) is 11.3 Å². The van der Waals surface area contributed by atoms with Crippen molar-refractivity contribution in [3.63, 3.8) is 0 Å². The second kappa shape index (κ2) is 11.8. The number of alkyl halides is 1. The van der Waals surface area contributed by atoms with E-state index in [1.807, 2.05) is 19.9 Å². The zero-order valence-electron chi connectivity index (χ0n) is 19.0. The molecule has 10 heteroatoms. The number of aromatic nitrogens is 2. The van der Waals surface area contributed by atoms with E-state index < -0.39 is 12.8 Å². The van der Waals surface area contributed by atoms with Crippen LogP contribution in [0.4, 0.5) is 15.0 Å². The van der Waals surface area contributed by atoms with Crippen LogP contribution in [-0.4, -0.2) is 66.6 Å². The Morgan fingerprint density at radius 3 is 2.61 bits per heavy atom. The second-order valence-electron chi connectivity index (χ2n) is 7.72. The van der Waals surface area contributed by atoms with Gasteiger partial charge in [-0.05, 0) is 37.5 Å². The van der Waals surface area contributed by atoms with Crippen LogP contribution in [-0.2, 0) is 22.3 Å². The van der Waals surface area contributed by atoms with Gasteiger partial charge >= 0.3 is 6.09 Å². The van der Waals surface area contributed by atoms with Crippen molar-refractivity contribution < 1.29 is 18.7 Å². The van der Waals surface area contributed by atoms with Gasteiger partial charge in [0.1, 0.15) is 5.82 Å². The van der Waals surface area contributed by atoms with Crippen LogP contribution in [0.1, 0.15) is 31.7 Å². The van der Waals surface area contributed by atoms with Gasteiger partial charge in [-0.25, -0.2) is 14.8 Å². The molecule has 1 aromatic carbocycles. The summed E-state index contributed by atoms with van der Waals surface area (Å²) >= 11 is 12.5. The van der Waals surface area contributed by atoms with Crippen molar-refractivity contribution in [2.75, 3.05) is 38.8 Å². The summed E-state index contributed by atoms with van der Waals surface area (Å²) in [6.45, 7) is 4.55. The van der Waals surface area contributed by atoms with Crippen molar-refractivity contribution in [3.8, 4) is 11.3 Å². The van der Waals surface area contributed by atoms with E-state index in [4.69, 9.17) is 42.6 Å². The van der Waals surface area contributed by atoms with Gasteiger partial charge in [0.25, 0.3) is 0 Å². The molecule has 2 unspecified atom stereocenters. The largest absolute Gasteiger partial charge is 0.453 e. The summed E-state index contributed by atoms with van der Waals surface area (Å²) in [6.07, 6.45) is 0.839. The Labute approximate surface area is 203 Å². The van der Waals surface area contributed by atoms with Gasteiger partial charge in [0.05, 0.1) is 54.6 Å². The molecule has 0 radical (unpaired) electrons. The Hall–Kier alpha value is -2.16. The van der Waals surface area contributed by atoms with Gasteiger partial charge < -0.3 is 19.7 Å². The highest BCUT2D eigenvalue weighted by atomic mass is 35.5. The molecule has 180 valence electrons. The Kier molecular flexibility index (Phi) is 9.11. The normalized spacial score (nSPS) is 17.9. The highest BCUT2D eigenvalue weighted by Gasteiger charge is 2.37. The van der Waals surface area contributed by atoms with Crippen LogP contribution in [0.5, 0.6) is 0 Å². The van der Waals surface area contributed by atoms with Crippen LogP contribution in [0.2, 0.25) is 10.0 Å². The summed E-state index contributed by atoms with van der Waals surface area (Å²) < 4.78 is 23.3. The van der Waals surface area contributed by atoms with E-state index in [-0.39, 0.29) is 18.8 Å². The molecule has 1 saturated heterocycles. The predicted octanol–water partition coefficient (Wildman–Crippen LogP) is 5.18. The Morgan fingerprint density at radius 2 is 1.97 bits per heavy atom. The third-order valence-electron chi connectivity index (χ3n) is 5.53. The van der Waals surface area contributed by atoms with E-state index >= 15 is 0 Å². The number of nitrogens with one attached hydrogen (secondary N) is 1. The maximum atomic E-state index is 12.6. The van der Waals surface area contributed by atoms with Crippen molar-refractivity contribution in [1.29, 1.82) is 0 Å². The molecule has 2 heterocycles. The number of hydrogen-bond acceptors (Lipinski definition) is 6. The first-order valence-corrected chi connectivity index (χ1v) is 11.8. The monoisotopic (exact) mass is 498 g/mol. The number of rotatable bonds is 9. The van der Waals surface area contributed by atoms with Gasteiger partial charge in [-0.15, -0.1) is 0 Å². The number of aryl methyl sites for hydroxylation is 2. The summed E-state index contributed by atoms with van der Waals surface area (Å²) in [7, 11) is 1.34. The molecule has 1 aromatic heterocycles. The average molecular weight is 499 g/mol. The van der Waals surface area contributed by atoms with Gasteiger partial charge in [-0.1, -0.05) is 37.0 Å². The molecule has 1 aliphatic rings. The fourth-order valence-electron chi connectivity index (χ4n) is 3.84. The smallest absolute Gasteiger partial charge is 0.409 e. The van der Waals surface area contributed by atoms with Crippen LogP contribution < -0.4 is 5.32 Å². The molecule has 1 aliphatic heterocycles. The minimum absolute atomic E-state index is 0.238. The van der Waals surface area contributed by atoms with Crippen molar-refractivity contribution in [2.24, 2.45) is 0 Å². The first kappa shape index (κ1) is 25.5. The maximum Gasteiger partial charge on any atom is 0.409 e. The number of carbonyl (C=O) groups excluding carboxylic acids is 1. The first-order chi connectivity index (χ1) is 15.9. The van der Waals surface area contributed by atoms with Crippen LogP contribution >= 0.6 is 23.2 Å². The SMILES string of the molecule is CCc1nc(-c2ccc(Cl)cc2Cl)c(CC)nc1NC1CN(C(=O)OC)CC1OCCCF. The van der Waals surface area contributed by atoms with E-state index in [9.17, 15) is 9.18 Å². The molecular formula is C23H29Cl2FN4O3. The highest BCUT2D eigenvalue weighted by Crippen LogP contribution is 2.33. The van der Waals surface area contributed by atoms with E-state index in [1.165, 1.54) is 7.11 Å². The summed E-state index contributed by atoms with van der Waals surface area (Å²) in [5, 5.41) is 4.50. The lowest BCUT2D eigenvalue weighted by atomic mass is 10.1. The molecule has 0 bridgehead atoms. The summed E-state index contributed by atoms with van der Waals surface area (Å²) in [5.74, 6) is 0.638. The lowest BCUT2D eigenvalue weighted by Gasteiger charge is -2.22. The van der Waals surface area contributed by atoms with Crippen LogP contribution in [0, 0.1) is 0 Å². The lowest BCUT2D eigenvalue weighted by molar-refractivity contribution is 0.0484. The number of carbonyl (C=O) groups is 1. The summed E-state index contributed by atoms with van der Waals surface area (Å²) in [5.41, 5.74) is 3.06. The van der Waals surface area contributed by atoms with Gasteiger partial charge in [0.15, 0.2) is 0 Å². The second-order valence-corrected chi connectivity index (χ2v) is 8.57. The zero-order valence-corrected chi connectivity index (χ0v) is 20.5. The fourth-order valence-corrected chi connectivity index (χ4v) is 4.33. The van der Waals surface area contributed by atoms with E-state index in [1.54, 1.807) is 17.0 Å². The molecule has 7 nitrogen and oxygen atoms in total. The minimum atomic E-state index is -0.453. The topological polar surface area (TPSA) is 76.6 Å². The number of amides is 1. The number of benzene rings is 1. The van der Waals surface area contributed by atoms with Crippen LogP contribution in [0.15, 0.2) is 18.2 Å². The minimum Gasteiger partial charge on any atom is -0.453 e. The number of hydrogen-bond donors (Lipinski definition) is 1. The average Bonchev–Trinajstić information content (AvgIpc) is 3.21. The summed E-state index contributed by atoms with van der Waals surface area (Å²) in [6, 6.07) is 5.08. The Balaban J connectivity index is 1.91. The number of ether oxygens (including phenoxy) is 2. The number of methoxy groups -OCH3 is 1. The first-order valence-electron chi connectivity index (χ1n) is 11.0. The number of nitrogens with zero attached hydrogens (tertiary/aromatic N) is 3. The van der Waals surface area contributed by atoms with Gasteiger partial charge in [-0.3, -0.25) is 4.39 Å². The number of likely N-dealkylation sites (tertiary alicyclic amines) is 1. The molecular weight excluding hydrogens is 470 g/mol. The third kappa shape index (κ3) is 6.05. The fraction of sp³-hybridized carbons (Fsp3) is 0.522. The standard InChI is InChI=1S/C23H29Cl2FN4O3/c1-4-17-21(15-8-7-14(24)11-16(15)25)27-18(5-2)22(28-17)29-19-12-30(23(31)32-3)13-20(19)33-10-6-9-26/h7-8,11,19-20H,4-6,9-10,12-13H2,1-3H3,(H,28,29). The highest BCUT2D eigenvalue weighted by molar-refractivity contribution is 6.36. The molecule has 1 N–H and O–H groups in total. The third-order valence-corrected chi connectivity index (χ3v) is 6.08. The molecule has 2 aromatic rings. The Bertz CT molecular complexity index is 979. The van der Waals surface area contributed by atoms with Crippen molar-refractivity contribution in [2.45, 2.75) is 45.3 Å². The van der Waals surface area contributed by atoms with E-state index in [0.717, 1.165) is 22.6 Å². The van der Waals surface area contributed by atoms with Gasteiger partial charge in [0.2, 0.25) is 0 Å². The molecule has 3 rings (SSSR count). The number of halogens is 3. The molecule has 33 heavy (non-hydrogen) atoms. The van der Waals surface area contributed by atoms with Gasteiger partial charge in [-0.2, -0.15) is 0 Å². The maximum absolute atomic E-state index is 12.6. The summed E-state index contributed by atoms with van der Waals surface area (Å²) in [4.78, 5) is 23.4. The lowest BCUT2D eigenvalue weighted by Crippen LogP contribution is -2.35. The van der Waals surface area contributed by atoms with Crippen molar-refractivity contribution in [1.82, 2.24) is 14.9 Å². The quantitative estimate of drug-likeness (QED) is 0.479. The van der Waals surface area contributed by atoms with E-state index in [2.05, 4.69) is 5.32 Å². The molecule has 0 saturated carbocycles. The molecule has 1 fully saturated rings. The molecule has 2 atom stereocenters.